The number of aromatic nitrogens is 2. The van der Waals surface area contributed by atoms with Crippen LogP contribution in [-0.4, -0.2) is 16.7 Å². The molecule has 0 atom stereocenters. The van der Waals surface area contributed by atoms with E-state index in [-0.39, 0.29) is 32.2 Å². The average Bonchev–Trinajstić information content (AvgIpc) is 3.16. The minimum absolute atomic E-state index is 0. The predicted molar refractivity (Wildman–Crippen MR) is 222 cm³/mol. The van der Waals surface area contributed by atoms with Gasteiger partial charge in [-0.05, 0) is 101 Å². The molecule has 5 aromatic carbocycles. The van der Waals surface area contributed by atoms with Gasteiger partial charge in [-0.25, -0.2) is 0 Å². The number of ether oxygens (including phenoxy) is 2. The van der Waals surface area contributed by atoms with Gasteiger partial charge in [-0.15, -0.1) is 47.5 Å². The van der Waals surface area contributed by atoms with Crippen LogP contribution in [0.5, 0.6) is 23.0 Å². The summed E-state index contributed by atoms with van der Waals surface area (Å²) in [6, 6.07) is 44.4. The number of fused-ring (bicyclic) bond motifs is 4. The molecular weight excluding hydrogens is 852 g/mol. The zero-order valence-electron chi connectivity index (χ0n) is 32.4. The van der Waals surface area contributed by atoms with Crippen LogP contribution >= 0.6 is 0 Å². The Hall–Kier alpha value is -5.29. The predicted octanol–water partition coefficient (Wildman–Crippen LogP) is 10.3. The van der Waals surface area contributed by atoms with Crippen molar-refractivity contribution in [2.24, 2.45) is 5.41 Å². The van der Waals surface area contributed by atoms with Crippen molar-refractivity contribution in [3.05, 3.63) is 162 Å². The van der Waals surface area contributed by atoms with E-state index in [2.05, 4.69) is 138 Å². The van der Waals surface area contributed by atoms with E-state index < -0.39 is 0 Å². The first-order chi connectivity index (χ1) is 26.0. The maximum Gasteiger partial charge on any atom is 0.239 e. The normalized spacial score (nSPS) is 12.1. The monoisotopic (exact) mass is 895 g/mol. The standard InChI is InChI=1S/C28H23BNO2.C21H20N.Ir/c1-28(2,3)17-18-14-15-30-22(16-18)19-12-13-25-26-27(19)32-24-11-7-5-9-21(24)29(26)20-8-4-6-10-23(20)31-25;1-14-5-8-18(9-6-14)21-12-20(17(4)13-22-21)19-10-7-15(2)16(3)11-19;/h4-11,13-16H,17H2,1-3H3;5-8,10-13H,1-4H3;/q2*-1;. The Labute approximate surface area is 339 Å². The van der Waals surface area contributed by atoms with Crippen LogP contribution in [0, 0.1) is 45.2 Å². The minimum Gasteiger partial charge on any atom is -0.503 e. The number of pyridine rings is 2. The van der Waals surface area contributed by atoms with Crippen molar-refractivity contribution in [2.45, 2.75) is 54.9 Å². The summed E-state index contributed by atoms with van der Waals surface area (Å²) in [6.45, 7) is 15.3. The number of aryl methyl sites for hydroxylation is 4. The van der Waals surface area contributed by atoms with E-state index in [1.807, 2.05) is 48.8 Å². The van der Waals surface area contributed by atoms with E-state index in [1.165, 1.54) is 38.9 Å². The molecule has 0 bridgehead atoms. The molecule has 2 aliphatic rings. The largest absolute Gasteiger partial charge is 0.503 e. The maximum atomic E-state index is 6.51. The van der Waals surface area contributed by atoms with Gasteiger partial charge >= 0.3 is 0 Å². The van der Waals surface area contributed by atoms with Crippen LogP contribution in [0.2, 0.25) is 0 Å². The topological polar surface area (TPSA) is 44.2 Å². The summed E-state index contributed by atoms with van der Waals surface area (Å²) >= 11 is 0. The molecule has 4 nitrogen and oxygen atoms in total. The Bertz CT molecular complexity index is 2510. The van der Waals surface area contributed by atoms with Gasteiger partial charge in [-0.1, -0.05) is 111 Å². The van der Waals surface area contributed by atoms with Crippen molar-refractivity contribution in [1.82, 2.24) is 9.97 Å². The fourth-order valence-corrected chi connectivity index (χ4v) is 7.40. The van der Waals surface area contributed by atoms with Gasteiger partial charge in [0.2, 0.25) is 6.71 Å². The van der Waals surface area contributed by atoms with E-state index in [9.17, 15) is 0 Å². The quantitative estimate of drug-likeness (QED) is 0.130. The van der Waals surface area contributed by atoms with E-state index >= 15 is 0 Å². The number of nitrogens with zero attached hydrogens (tertiary/aromatic N) is 2. The smallest absolute Gasteiger partial charge is 0.239 e. The van der Waals surface area contributed by atoms with Gasteiger partial charge in [-0.2, -0.15) is 0 Å². The first-order valence-electron chi connectivity index (χ1n) is 18.6. The van der Waals surface area contributed by atoms with E-state index in [1.54, 1.807) is 0 Å². The van der Waals surface area contributed by atoms with Gasteiger partial charge in [0.15, 0.2) is 0 Å². The van der Waals surface area contributed by atoms with Crippen LogP contribution in [0.1, 0.15) is 48.6 Å². The van der Waals surface area contributed by atoms with Crippen LogP contribution < -0.4 is 25.9 Å². The molecule has 6 heteroatoms. The first kappa shape index (κ1) is 38.0. The minimum atomic E-state index is 0. The molecule has 1 radical (unpaired) electrons. The number of rotatable bonds is 4. The number of benzene rings is 5. The molecule has 2 aromatic heterocycles. The fraction of sp³-hybridized carbons (Fsp3) is 0.184. The molecule has 7 aromatic rings. The summed E-state index contributed by atoms with van der Waals surface area (Å²) in [4.78, 5) is 9.27. The molecule has 55 heavy (non-hydrogen) atoms. The van der Waals surface area contributed by atoms with Gasteiger partial charge in [0.25, 0.3) is 0 Å². The van der Waals surface area contributed by atoms with Crippen molar-refractivity contribution in [2.75, 3.05) is 0 Å². The van der Waals surface area contributed by atoms with Crippen LogP contribution in [-0.2, 0) is 26.5 Å². The molecule has 275 valence electrons. The Morgan fingerprint density at radius 1 is 0.655 bits per heavy atom. The summed E-state index contributed by atoms with van der Waals surface area (Å²) < 4.78 is 12.8. The average molecular weight is 895 g/mol. The third-order valence-electron chi connectivity index (χ3n) is 10.2. The van der Waals surface area contributed by atoms with Crippen molar-refractivity contribution in [3.63, 3.8) is 0 Å². The molecule has 2 aliphatic heterocycles. The summed E-state index contributed by atoms with van der Waals surface area (Å²) in [5.41, 5.74) is 16.1. The Balaban J connectivity index is 0.000000178. The van der Waals surface area contributed by atoms with Gasteiger partial charge in [0, 0.05) is 44.0 Å². The van der Waals surface area contributed by atoms with Gasteiger partial charge in [0.1, 0.15) is 11.5 Å². The van der Waals surface area contributed by atoms with Crippen molar-refractivity contribution in [1.29, 1.82) is 0 Å². The van der Waals surface area contributed by atoms with Crippen molar-refractivity contribution >= 4 is 23.1 Å². The molecule has 4 heterocycles. The van der Waals surface area contributed by atoms with Gasteiger partial charge < -0.3 is 19.4 Å². The van der Waals surface area contributed by atoms with Gasteiger partial charge in [-0.3, -0.25) is 0 Å². The van der Waals surface area contributed by atoms with Crippen LogP contribution in [0.4, 0.5) is 0 Å². The van der Waals surface area contributed by atoms with Crippen molar-refractivity contribution < 1.29 is 29.6 Å². The number of hydrogen-bond donors (Lipinski definition) is 0. The van der Waals surface area contributed by atoms with Crippen LogP contribution in [0.25, 0.3) is 33.6 Å². The molecule has 0 amide bonds. The van der Waals surface area contributed by atoms with Gasteiger partial charge in [0.05, 0.1) is 0 Å². The second kappa shape index (κ2) is 15.5. The molecule has 0 saturated heterocycles. The number of hydrogen-bond acceptors (Lipinski definition) is 4. The maximum absolute atomic E-state index is 6.51. The molecule has 0 saturated carbocycles. The fourth-order valence-electron chi connectivity index (χ4n) is 7.40. The summed E-state index contributed by atoms with van der Waals surface area (Å²) in [5, 5.41) is 0. The summed E-state index contributed by atoms with van der Waals surface area (Å²) in [6.07, 6.45) is 4.82. The number of para-hydroxylation sites is 2. The molecular formula is C49H43BIrN2O2-2. The van der Waals surface area contributed by atoms with E-state index in [0.29, 0.717) is 0 Å². The summed E-state index contributed by atoms with van der Waals surface area (Å²) in [5.74, 6) is 3.35. The second-order valence-electron chi connectivity index (χ2n) is 15.7. The molecule has 0 fully saturated rings. The van der Waals surface area contributed by atoms with Crippen molar-refractivity contribution in [3.8, 4) is 56.6 Å². The molecule has 0 aliphatic carbocycles. The zero-order chi connectivity index (χ0) is 37.6. The molecule has 0 unspecified atom stereocenters. The van der Waals surface area contributed by atoms with E-state index in [4.69, 9.17) is 14.5 Å². The van der Waals surface area contributed by atoms with Crippen LogP contribution in [0.15, 0.2) is 122 Å². The third-order valence-corrected chi connectivity index (χ3v) is 10.2. The van der Waals surface area contributed by atoms with Crippen LogP contribution in [0.3, 0.4) is 0 Å². The Kier molecular flexibility index (Phi) is 10.7. The molecule has 9 rings (SSSR count). The molecule has 0 spiro atoms. The zero-order valence-corrected chi connectivity index (χ0v) is 34.8. The van der Waals surface area contributed by atoms with E-state index in [0.717, 1.165) is 68.3 Å². The third kappa shape index (κ3) is 7.80. The summed E-state index contributed by atoms with van der Waals surface area (Å²) in [7, 11) is 0. The Morgan fingerprint density at radius 2 is 1.38 bits per heavy atom. The SMILES string of the molecule is CC(C)(C)Cc1ccnc(-c2[c-]cc3c4c2Oc2ccccc2B4c2ccccc2O3)c1.Cc1c[c-]c(-c2cc(-c3ccc(C)c(C)c3)c(C)cn2)cc1.[Ir]. The first-order valence-corrected chi connectivity index (χ1v) is 18.6. The second-order valence-corrected chi connectivity index (χ2v) is 15.7. The molecule has 0 N–H and O–H groups in total. The Morgan fingerprint density at radius 3 is 2.07 bits per heavy atom.